The summed E-state index contributed by atoms with van der Waals surface area (Å²) in [4.78, 5) is 16.4. The maximum atomic E-state index is 12.8. The van der Waals surface area contributed by atoms with Crippen molar-refractivity contribution in [2.45, 2.75) is 17.7 Å². The van der Waals surface area contributed by atoms with Crippen LogP contribution in [-0.4, -0.2) is 19.3 Å². The van der Waals surface area contributed by atoms with Crippen LogP contribution in [-0.2, 0) is 21.2 Å². The van der Waals surface area contributed by atoms with E-state index in [2.05, 4.69) is 9.71 Å². The van der Waals surface area contributed by atoms with Crippen molar-refractivity contribution in [2.75, 3.05) is 0 Å². The maximum absolute atomic E-state index is 12.8. The van der Waals surface area contributed by atoms with E-state index in [1.165, 1.54) is 12.3 Å². The standard InChI is InChI=1S/C22H17ClN2O3S/c23-18-13-17-8-4-12-24-22(17)20(14-18)29(27,28)25-21(26)11-10-16-7-3-6-15-5-1-2-9-19(15)16/h1-9,12-14H,10-11H2,(H,25,26). The fourth-order valence-corrected chi connectivity index (χ4v) is 4.85. The lowest BCUT2D eigenvalue weighted by molar-refractivity contribution is -0.119. The highest BCUT2D eigenvalue weighted by molar-refractivity contribution is 7.90. The van der Waals surface area contributed by atoms with Gasteiger partial charge in [0.2, 0.25) is 5.91 Å². The monoisotopic (exact) mass is 424 g/mol. The molecule has 1 amide bonds. The number of rotatable bonds is 5. The van der Waals surface area contributed by atoms with E-state index in [0.717, 1.165) is 16.3 Å². The van der Waals surface area contributed by atoms with Gasteiger partial charge in [-0.2, -0.15) is 0 Å². The third-order valence-corrected chi connectivity index (χ3v) is 6.28. The number of carbonyl (C=O) groups excluding carboxylic acids is 1. The molecule has 1 N–H and O–H groups in total. The number of hydrogen-bond donors (Lipinski definition) is 1. The van der Waals surface area contributed by atoms with Crippen LogP contribution in [0.4, 0.5) is 0 Å². The molecule has 4 aromatic rings. The Bertz CT molecular complexity index is 1330. The number of amides is 1. The average Bonchev–Trinajstić information content (AvgIpc) is 2.71. The lowest BCUT2D eigenvalue weighted by Gasteiger charge is -2.10. The van der Waals surface area contributed by atoms with Gasteiger partial charge in [0.05, 0.1) is 5.52 Å². The van der Waals surface area contributed by atoms with E-state index >= 15 is 0 Å². The molecule has 0 fully saturated rings. The Kier molecular flexibility index (Phi) is 5.22. The molecule has 0 spiro atoms. The topological polar surface area (TPSA) is 76.1 Å². The smallest absolute Gasteiger partial charge is 0.266 e. The number of nitrogens with zero attached hydrogens (tertiary/aromatic N) is 1. The van der Waals surface area contributed by atoms with Crippen LogP contribution >= 0.6 is 11.6 Å². The molecule has 0 bridgehead atoms. The number of pyridine rings is 1. The zero-order valence-electron chi connectivity index (χ0n) is 15.3. The average molecular weight is 425 g/mol. The number of halogens is 1. The molecule has 5 nitrogen and oxygen atoms in total. The molecular formula is C22H17ClN2O3S. The minimum absolute atomic E-state index is 0.0408. The maximum Gasteiger partial charge on any atom is 0.266 e. The Labute approximate surface area is 173 Å². The molecule has 0 atom stereocenters. The molecule has 0 aliphatic rings. The van der Waals surface area contributed by atoms with Crippen LogP contribution in [0.1, 0.15) is 12.0 Å². The second-order valence-electron chi connectivity index (χ2n) is 6.65. The van der Waals surface area contributed by atoms with E-state index in [0.29, 0.717) is 11.8 Å². The van der Waals surface area contributed by atoms with Crippen molar-refractivity contribution < 1.29 is 13.2 Å². The lowest BCUT2D eigenvalue weighted by atomic mass is 10.0. The number of hydrogen-bond acceptors (Lipinski definition) is 4. The number of benzene rings is 3. The molecule has 146 valence electrons. The molecule has 0 radical (unpaired) electrons. The minimum atomic E-state index is -4.10. The molecule has 0 saturated heterocycles. The predicted octanol–water partition coefficient (Wildman–Crippen LogP) is 4.48. The van der Waals surface area contributed by atoms with Crippen molar-refractivity contribution >= 4 is 49.2 Å². The molecule has 7 heteroatoms. The van der Waals surface area contributed by atoms with Gasteiger partial charge in [-0.05, 0) is 41.0 Å². The van der Waals surface area contributed by atoms with Gasteiger partial charge >= 0.3 is 0 Å². The van der Waals surface area contributed by atoms with Gasteiger partial charge in [0.15, 0.2) is 0 Å². The first-order valence-corrected chi connectivity index (χ1v) is 10.9. The van der Waals surface area contributed by atoms with Crippen molar-refractivity contribution in [1.29, 1.82) is 0 Å². The normalized spacial score (nSPS) is 11.6. The highest BCUT2D eigenvalue weighted by atomic mass is 35.5. The van der Waals surface area contributed by atoms with Gasteiger partial charge in [0.1, 0.15) is 4.90 Å². The van der Waals surface area contributed by atoms with Crippen LogP contribution in [0.3, 0.4) is 0 Å². The first-order chi connectivity index (χ1) is 13.9. The van der Waals surface area contributed by atoms with Crippen molar-refractivity contribution in [3.8, 4) is 0 Å². The first kappa shape index (κ1) is 19.4. The van der Waals surface area contributed by atoms with Gasteiger partial charge < -0.3 is 0 Å². The quantitative estimate of drug-likeness (QED) is 0.512. The Morgan fingerprint density at radius 2 is 1.72 bits per heavy atom. The summed E-state index contributed by atoms with van der Waals surface area (Å²) in [6.45, 7) is 0. The van der Waals surface area contributed by atoms with Crippen LogP contribution in [0.25, 0.3) is 21.7 Å². The summed E-state index contributed by atoms with van der Waals surface area (Å²) < 4.78 is 27.7. The van der Waals surface area contributed by atoms with E-state index < -0.39 is 15.9 Å². The predicted molar refractivity (Wildman–Crippen MR) is 114 cm³/mol. The van der Waals surface area contributed by atoms with Gasteiger partial charge in [-0.15, -0.1) is 0 Å². The zero-order chi connectivity index (χ0) is 20.4. The summed E-state index contributed by atoms with van der Waals surface area (Å²) in [5.74, 6) is -0.581. The SMILES string of the molecule is O=C(CCc1cccc2ccccc12)NS(=O)(=O)c1cc(Cl)cc2cccnc12. The summed E-state index contributed by atoms with van der Waals surface area (Å²) in [5.41, 5.74) is 1.26. The van der Waals surface area contributed by atoms with Gasteiger partial charge in [-0.25, -0.2) is 13.1 Å². The Morgan fingerprint density at radius 3 is 2.59 bits per heavy atom. The van der Waals surface area contributed by atoms with Crippen LogP contribution in [0.15, 0.2) is 77.8 Å². The van der Waals surface area contributed by atoms with Crippen molar-refractivity contribution in [3.63, 3.8) is 0 Å². The van der Waals surface area contributed by atoms with E-state index in [1.807, 2.05) is 42.5 Å². The Balaban J connectivity index is 1.55. The molecule has 1 aromatic heterocycles. The summed E-state index contributed by atoms with van der Waals surface area (Å²) in [6, 6.07) is 20.1. The van der Waals surface area contributed by atoms with Crippen LogP contribution in [0, 0.1) is 0 Å². The van der Waals surface area contributed by atoms with E-state index in [-0.39, 0.29) is 21.9 Å². The number of fused-ring (bicyclic) bond motifs is 2. The fraction of sp³-hybridized carbons (Fsp3) is 0.0909. The number of sulfonamides is 1. The third kappa shape index (κ3) is 4.09. The minimum Gasteiger partial charge on any atom is -0.274 e. The molecule has 29 heavy (non-hydrogen) atoms. The molecule has 4 rings (SSSR count). The van der Waals surface area contributed by atoms with Gasteiger partial charge in [-0.3, -0.25) is 9.78 Å². The first-order valence-electron chi connectivity index (χ1n) is 9.01. The highest BCUT2D eigenvalue weighted by Crippen LogP contribution is 2.26. The van der Waals surface area contributed by atoms with Gasteiger partial charge in [0, 0.05) is 23.0 Å². The van der Waals surface area contributed by atoms with E-state index in [1.54, 1.807) is 18.2 Å². The molecule has 0 aliphatic heterocycles. The van der Waals surface area contributed by atoms with Gasteiger partial charge in [-0.1, -0.05) is 60.1 Å². The number of aromatic nitrogens is 1. The summed E-state index contributed by atoms with van der Waals surface area (Å²) in [7, 11) is -4.10. The molecule has 0 aliphatic carbocycles. The molecule has 0 unspecified atom stereocenters. The second-order valence-corrected chi connectivity index (χ2v) is 8.73. The highest BCUT2D eigenvalue weighted by Gasteiger charge is 2.22. The molecule has 0 saturated carbocycles. The number of nitrogens with one attached hydrogen (secondary N) is 1. The van der Waals surface area contributed by atoms with Crippen molar-refractivity contribution in [1.82, 2.24) is 9.71 Å². The van der Waals surface area contributed by atoms with Crippen LogP contribution in [0.5, 0.6) is 0 Å². The van der Waals surface area contributed by atoms with Crippen molar-refractivity contribution in [2.24, 2.45) is 0 Å². The molecule has 1 heterocycles. The van der Waals surface area contributed by atoms with E-state index in [4.69, 9.17) is 11.6 Å². The van der Waals surface area contributed by atoms with Gasteiger partial charge in [0.25, 0.3) is 10.0 Å². The van der Waals surface area contributed by atoms with E-state index in [9.17, 15) is 13.2 Å². The third-order valence-electron chi connectivity index (χ3n) is 4.67. The molecular weight excluding hydrogens is 408 g/mol. The zero-order valence-corrected chi connectivity index (χ0v) is 16.9. The molecule has 3 aromatic carbocycles. The summed E-state index contributed by atoms with van der Waals surface area (Å²) in [6.07, 6.45) is 1.97. The van der Waals surface area contributed by atoms with Crippen LogP contribution in [0.2, 0.25) is 5.02 Å². The summed E-state index contributed by atoms with van der Waals surface area (Å²) in [5, 5.41) is 2.97. The lowest BCUT2D eigenvalue weighted by Crippen LogP contribution is -2.31. The number of aryl methyl sites for hydroxylation is 1. The Hall–Kier alpha value is -2.96. The second kappa shape index (κ2) is 7.81. The fourth-order valence-electron chi connectivity index (χ4n) is 3.34. The largest absolute Gasteiger partial charge is 0.274 e. The Morgan fingerprint density at radius 1 is 0.966 bits per heavy atom. The van der Waals surface area contributed by atoms with Crippen LogP contribution < -0.4 is 4.72 Å². The number of carbonyl (C=O) groups is 1. The summed E-state index contributed by atoms with van der Waals surface area (Å²) >= 11 is 6.06. The van der Waals surface area contributed by atoms with Crippen molar-refractivity contribution in [3.05, 3.63) is 83.5 Å².